The summed E-state index contributed by atoms with van der Waals surface area (Å²) in [5.74, 6) is -0.235. The second kappa shape index (κ2) is 9.28. The lowest BCUT2D eigenvalue weighted by Crippen LogP contribution is -2.32. The summed E-state index contributed by atoms with van der Waals surface area (Å²) in [6.07, 6.45) is 6.43. The molecule has 29 heavy (non-hydrogen) atoms. The van der Waals surface area contributed by atoms with Crippen LogP contribution in [0, 0.1) is 0 Å². The van der Waals surface area contributed by atoms with Gasteiger partial charge in [0.05, 0.1) is 18.1 Å². The summed E-state index contributed by atoms with van der Waals surface area (Å²) in [4.78, 5) is 26.9. The highest BCUT2D eigenvalue weighted by Crippen LogP contribution is 2.38. The summed E-state index contributed by atoms with van der Waals surface area (Å²) >= 11 is 7.46. The molecule has 1 saturated heterocycles. The van der Waals surface area contributed by atoms with Crippen molar-refractivity contribution < 1.29 is 14.3 Å². The molecule has 0 radical (unpaired) electrons. The Bertz CT molecular complexity index is 888. The first kappa shape index (κ1) is 20.4. The molecule has 7 heteroatoms. The highest BCUT2D eigenvalue weighted by atomic mass is 35.5. The molecule has 2 N–H and O–H groups in total. The first-order chi connectivity index (χ1) is 14.1. The van der Waals surface area contributed by atoms with Crippen LogP contribution in [-0.4, -0.2) is 31.1 Å². The lowest BCUT2D eigenvalue weighted by Gasteiger charge is -2.15. The van der Waals surface area contributed by atoms with Crippen LogP contribution in [-0.2, 0) is 28.8 Å². The van der Waals surface area contributed by atoms with Gasteiger partial charge in [-0.05, 0) is 61.8 Å². The number of aryl methyl sites for hydroxylation is 1. The van der Waals surface area contributed by atoms with E-state index < -0.39 is 0 Å². The Kier molecular flexibility index (Phi) is 6.53. The third-order valence-electron chi connectivity index (χ3n) is 5.44. The van der Waals surface area contributed by atoms with Crippen LogP contribution in [0.4, 0.5) is 5.00 Å². The van der Waals surface area contributed by atoms with Crippen molar-refractivity contribution in [3.8, 4) is 0 Å². The van der Waals surface area contributed by atoms with Crippen molar-refractivity contribution in [1.82, 2.24) is 5.32 Å². The minimum atomic E-state index is -0.126. The Hall–Kier alpha value is -1.89. The minimum absolute atomic E-state index is 0.0938. The van der Waals surface area contributed by atoms with Gasteiger partial charge in [0.25, 0.3) is 5.91 Å². The average molecular weight is 433 g/mol. The highest BCUT2D eigenvalue weighted by Gasteiger charge is 2.27. The normalized spacial score (nSPS) is 18.3. The lowest BCUT2D eigenvalue weighted by atomic mass is 9.95. The number of amides is 2. The lowest BCUT2D eigenvalue weighted by molar-refractivity contribution is -0.115. The van der Waals surface area contributed by atoms with Gasteiger partial charge in [-0.2, -0.15) is 0 Å². The zero-order valence-corrected chi connectivity index (χ0v) is 17.8. The van der Waals surface area contributed by atoms with Crippen molar-refractivity contribution in [3.05, 3.63) is 50.9 Å². The van der Waals surface area contributed by atoms with Crippen molar-refractivity contribution in [3.63, 3.8) is 0 Å². The summed E-state index contributed by atoms with van der Waals surface area (Å²) in [6, 6.07) is 7.24. The highest BCUT2D eigenvalue weighted by molar-refractivity contribution is 7.17. The number of anilines is 1. The van der Waals surface area contributed by atoms with Crippen LogP contribution in [0.25, 0.3) is 0 Å². The van der Waals surface area contributed by atoms with Crippen molar-refractivity contribution in [1.29, 1.82) is 0 Å². The van der Waals surface area contributed by atoms with E-state index in [4.69, 9.17) is 16.3 Å². The molecule has 1 aromatic carbocycles. The number of halogens is 1. The van der Waals surface area contributed by atoms with Crippen LogP contribution in [0.5, 0.6) is 0 Å². The van der Waals surface area contributed by atoms with Crippen LogP contribution in [0.15, 0.2) is 24.3 Å². The molecule has 1 aliphatic heterocycles. The molecule has 2 aromatic rings. The molecule has 1 atom stereocenters. The largest absolute Gasteiger partial charge is 0.376 e. The van der Waals surface area contributed by atoms with E-state index in [9.17, 15) is 9.59 Å². The zero-order chi connectivity index (χ0) is 20.2. The van der Waals surface area contributed by atoms with Gasteiger partial charge < -0.3 is 15.4 Å². The van der Waals surface area contributed by atoms with Crippen LogP contribution in [0.1, 0.15) is 52.0 Å². The molecule has 0 saturated carbocycles. The van der Waals surface area contributed by atoms with Crippen LogP contribution in [0.2, 0.25) is 5.02 Å². The maximum absolute atomic E-state index is 13.0. The van der Waals surface area contributed by atoms with Crippen LogP contribution in [0.3, 0.4) is 0 Å². The van der Waals surface area contributed by atoms with E-state index in [-0.39, 0.29) is 24.3 Å². The van der Waals surface area contributed by atoms with Gasteiger partial charge in [0.2, 0.25) is 5.91 Å². The maximum atomic E-state index is 13.0. The quantitative estimate of drug-likeness (QED) is 0.712. The molecule has 2 aliphatic rings. The number of nitrogens with one attached hydrogen (secondary N) is 2. The Balaban J connectivity index is 1.49. The molecule has 2 amide bonds. The van der Waals surface area contributed by atoms with Crippen molar-refractivity contribution >= 4 is 39.8 Å². The second-order valence-electron chi connectivity index (χ2n) is 7.61. The van der Waals surface area contributed by atoms with Gasteiger partial charge in [0, 0.05) is 23.1 Å². The molecule has 154 valence electrons. The summed E-state index contributed by atoms with van der Waals surface area (Å²) in [5, 5.41) is 7.33. The van der Waals surface area contributed by atoms with Crippen LogP contribution < -0.4 is 10.6 Å². The van der Waals surface area contributed by atoms with E-state index in [1.807, 2.05) is 12.1 Å². The van der Waals surface area contributed by atoms with Gasteiger partial charge in [0.1, 0.15) is 5.00 Å². The number of fused-ring (bicyclic) bond motifs is 1. The molecule has 1 aromatic heterocycles. The molecule has 4 rings (SSSR count). The third kappa shape index (κ3) is 5.00. The number of rotatable bonds is 6. The number of hydrogen-bond acceptors (Lipinski definition) is 4. The molecular formula is C22H25ClN2O3S. The molecule has 1 aliphatic carbocycles. The Morgan fingerprint density at radius 3 is 2.69 bits per heavy atom. The van der Waals surface area contributed by atoms with Gasteiger partial charge in [-0.15, -0.1) is 11.3 Å². The minimum Gasteiger partial charge on any atom is -0.376 e. The standard InChI is InChI=1S/C22H25ClN2O3S/c23-15-9-7-14(8-10-15)12-19(26)25-22-20(17-5-1-2-6-18(17)29-22)21(27)24-13-16-4-3-11-28-16/h7-10,16H,1-6,11-13H2,(H,24,27)(H,25,26). The van der Waals surface area contributed by atoms with Gasteiger partial charge in [-0.3, -0.25) is 9.59 Å². The second-order valence-corrected chi connectivity index (χ2v) is 9.15. The molecule has 0 bridgehead atoms. The number of carbonyl (C=O) groups excluding carboxylic acids is 2. The fourth-order valence-corrected chi connectivity index (χ4v) is 5.38. The van der Waals surface area contributed by atoms with Crippen molar-refractivity contribution in [2.75, 3.05) is 18.5 Å². The van der Waals surface area contributed by atoms with Gasteiger partial charge >= 0.3 is 0 Å². The molecule has 1 fully saturated rings. The van der Waals surface area contributed by atoms with E-state index in [1.165, 1.54) is 4.88 Å². The predicted molar refractivity (Wildman–Crippen MR) is 116 cm³/mol. The van der Waals surface area contributed by atoms with E-state index in [2.05, 4.69) is 10.6 Å². The number of carbonyl (C=O) groups is 2. The smallest absolute Gasteiger partial charge is 0.254 e. The van der Waals surface area contributed by atoms with Crippen molar-refractivity contribution in [2.45, 2.75) is 51.0 Å². The third-order valence-corrected chi connectivity index (χ3v) is 6.90. The van der Waals surface area contributed by atoms with Gasteiger partial charge in [-0.1, -0.05) is 23.7 Å². The Morgan fingerprint density at radius 2 is 1.93 bits per heavy atom. The Labute approximate surface area is 179 Å². The number of benzene rings is 1. The Morgan fingerprint density at radius 1 is 1.14 bits per heavy atom. The predicted octanol–water partition coefficient (Wildman–Crippen LogP) is 4.37. The summed E-state index contributed by atoms with van der Waals surface area (Å²) in [7, 11) is 0. The van der Waals surface area contributed by atoms with Crippen molar-refractivity contribution in [2.24, 2.45) is 0 Å². The van der Waals surface area contributed by atoms with Crippen LogP contribution >= 0.6 is 22.9 Å². The molecule has 2 heterocycles. The first-order valence-electron chi connectivity index (χ1n) is 10.2. The van der Waals surface area contributed by atoms with Gasteiger partial charge in [-0.25, -0.2) is 0 Å². The SMILES string of the molecule is O=C(Cc1ccc(Cl)cc1)Nc1sc2c(c1C(=O)NCC1CCCO1)CCCC2. The average Bonchev–Trinajstić information content (AvgIpc) is 3.35. The van der Waals surface area contributed by atoms with E-state index >= 15 is 0 Å². The molecule has 0 spiro atoms. The summed E-state index contributed by atoms with van der Waals surface area (Å²) in [5.41, 5.74) is 2.64. The molecular weight excluding hydrogens is 408 g/mol. The van der Waals surface area contributed by atoms with E-state index in [1.54, 1.807) is 23.5 Å². The summed E-state index contributed by atoms with van der Waals surface area (Å²) < 4.78 is 5.61. The fourth-order valence-electron chi connectivity index (χ4n) is 3.95. The maximum Gasteiger partial charge on any atom is 0.254 e. The van der Waals surface area contributed by atoms with E-state index in [0.717, 1.165) is 56.3 Å². The van der Waals surface area contributed by atoms with E-state index in [0.29, 0.717) is 22.1 Å². The topological polar surface area (TPSA) is 67.4 Å². The summed E-state index contributed by atoms with van der Waals surface area (Å²) in [6.45, 7) is 1.28. The van der Waals surface area contributed by atoms with Gasteiger partial charge in [0.15, 0.2) is 0 Å². The number of ether oxygens (including phenoxy) is 1. The fraction of sp³-hybridized carbons (Fsp3) is 0.455. The zero-order valence-electron chi connectivity index (χ0n) is 16.3. The molecule has 1 unspecified atom stereocenters. The number of hydrogen-bond donors (Lipinski definition) is 2. The first-order valence-corrected chi connectivity index (χ1v) is 11.4. The number of thiophene rings is 1. The molecule has 5 nitrogen and oxygen atoms in total. The monoisotopic (exact) mass is 432 g/mol.